The van der Waals surface area contributed by atoms with E-state index in [2.05, 4.69) is 26.6 Å². The van der Waals surface area contributed by atoms with Gasteiger partial charge in [0, 0.05) is 23.1 Å². The molecule has 1 unspecified atom stereocenters. The summed E-state index contributed by atoms with van der Waals surface area (Å²) in [5.41, 5.74) is 0.483. The second-order valence-electron chi connectivity index (χ2n) is 4.12. The first-order chi connectivity index (χ1) is 8.58. The first-order valence-corrected chi connectivity index (χ1v) is 6.74. The molecule has 18 heavy (non-hydrogen) atoms. The Hall–Kier alpha value is -0.940. The lowest BCUT2D eigenvalue weighted by Crippen LogP contribution is -2.35. The lowest BCUT2D eigenvalue weighted by atomic mass is 10.1. The summed E-state index contributed by atoms with van der Waals surface area (Å²) in [6, 6.07) is 4.70. The lowest BCUT2D eigenvalue weighted by molar-refractivity contribution is -0.125. The zero-order valence-electron chi connectivity index (χ0n) is 10.6. The van der Waals surface area contributed by atoms with Gasteiger partial charge < -0.3 is 10.6 Å². The molecule has 0 aliphatic rings. The smallest absolute Gasteiger partial charge is 0.224 e. The lowest BCUT2D eigenvalue weighted by Gasteiger charge is -2.14. The highest BCUT2D eigenvalue weighted by molar-refractivity contribution is 9.10. The van der Waals surface area contributed by atoms with Crippen molar-refractivity contribution in [1.82, 2.24) is 10.6 Å². The van der Waals surface area contributed by atoms with E-state index < -0.39 is 0 Å². The van der Waals surface area contributed by atoms with Crippen LogP contribution in [0, 0.1) is 11.7 Å². The van der Waals surface area contributed by atoms with E-state index in [9.17, 15) is 9.18 Å². The van der Waals surface area contributed by atoms with Crippen molar-refractivity contribution in [3.05, 3.63) is 34.1 Å². The fourth-order valence-electron chi connectivity index (χ4n) is 1.67. The third kappa shape index (κ3) is 4.38. The quantitative estimate of drug-likeness (QED) is 0.846. The number of hydrogen-bond donors (Lipinski definition) is 2. The van der Waals surface area contributed by atoms with Crippen LogP contribution in [0.2, 0.25) is 0 Å². The molecule has 0 heterocycles. The standard InChI is InChI=1S/C13H18BrFN2O/c1-3-9(7-16-2)13(18)17-8-10-6-11(14)4-5-12(10)15/h4-6,9,16H,3,7-8H2,1-2H3,(H,17,18). The van der Waals surface area contributed by atoms with Crippen LogP contribution in [0.5, 0.6) is 0 Å². The van der Waals surface area contributed by atoms with E-state index in [1.807, 2.05) is 14.0 Å². The first-order valence-electron chi connectivity index (χ1n) is 5.94. The van der Waals surface area contributed by atoms with Gasteiger partial charge in [0.05, 0.1) is 5.92 Å². The fraction of sp³-hybridized carbons (Fsp3) is 0.462. The maximum atomic E-state index is 13.5. The van der Waals surface area contributed by atoms with Crippen molar-refractivity contribution in [2.75, 3.05) is 13.6 Å². The van der Waals surface area contributed by atoms with Crippen molar-refractivity contribution < 1.29 is 9.18 Å². The number of amides is 1. The molecule has 0 aliphatic carbocycles. The third-order valence-corrected chi connectivity index (χ3v) is 3.27. The minimum absolute atomic E-state index is 0.0498. The highest BCUT2D eigenvalue weighted by Gasteiger charge is 2.15. The molecule has 100 valence electrons. The number of nitrogens with one attached hydrogen (secondary N) is 2. The molecule has 1 atom stereocenters. The molecule has 0 saturated heterocycles. The van der Waals surface area contributed by atoms with Gasteiger partial charge in [-0.05, 0) is 31.7 Å². The van der Waals surface area contributed by atoms with Crippen LogP contribution in [-0.2, 0) is 11.3 Å². The normalized spacial score (nSPS) is 12.2. The van der Waals surface area contributed by atoms with Gasteiger partial charge in [0.15, 0.2) is 0 Å². The van der Waals surface area contributed by atoms with Crippen LogP contribution in [0.15, 0.2) is 22.7 Å². The molecule has 0 radical (unpaired) electrons. The number of carbonyl (C=O) groups is 1. The molecule has 5 heteroatoms. The van der Waals surface area contributed by atoms with Crippen LogP contribution in [0.4, 0.5) is 4.39 Å². The van der Waals surface area contributed by atoms with Crippen molar-refractivity contribution in [2.45, 2.75) is 19.9 Å². The molecule has 0 saturated carbocycles. The van der Waals surface area contributed by atoms with E-state index in [1.54, 1.807) is 12.1 Å². The number of benzene rings is 1. The Morgan fingerprint density at radius 3 is 2.83 bits per heavy atom. The fourth-order valence-corrected chi connectivity index (χ4v) is 2.08. The predicted octanol–water partition coefficient (Wildman–Crippen LogP) is 2.45. The molecule has 0 aliphatic heterocycles. The summed E-state index contributed by atoms with van der Waals surface area (Å²) in [6.45, 7) is 2.80. The SMILES string of the molecule is CCC(CNC)C(=O)NCc1cc(Br)ccc1F. The Balaban J connectivity index is 2.58. The van der Waals surface area contributed by atoms with Gasteiger partial charge in [0.2, 0.25) is 5.91 Å². The molecule has 0 fully saturated rings. The minimum Gasteiger partial charge on any atom is -0.352 e. The number of hydrogen-bond acceptors (Lipinski definition) is 2. The maximum absolute atomic E-state index is 13.5. The second-order valence-corrected chi connectivity index (χ2v) is 5.03. The Morgan fingerprint density at radius 1 is 1.50 bits per heavy atom. The largest absolute Gasteiger partial charge is 0.352 e. The number of halogens is 2. The topological polar surface area (TPSA) is 41.1 Å². The average Bonchev–Trinajstić information content (AvgIpc) is 2.36. The van der Waals surface area contributed by atoms with E-state index in [0.29, 0.717) is 12.1 Å². The Morgan fingerprint density at radius 2 is 2.22 bits per heavy atom. The van der Waals surface area contributed by atoms with Crippen LogP contribution < -0.4 is 10.6 Å². The average molecular weight is 317 g/mol. The summed E-state index contributed by atoms with van der Waals surface area (Å²) in [6.07, 6.45) is 0.758. The van der Waals surface area contributed by atoms with Gasteiger partial charge in [-0.3, -0.25) is 4.79 Å². The molecule has 0 bridgehead atoms. The maximum Gasteiger partial charge on any atom is 0.224 e. The molecule has 0 aromatic heterocycles. The van der Waals surface area contributed by atoms with Gasteiger partial charge in [-0.15, -0.1) is 0 Å². The van der Waals surface area contributed by atoms with Crippen molar-refractivity contribution in [1.29, 1.82) is 0 Å². The van der Waals surface area contributed by atoms with E-state index in [4.69, 9.17) is 0 Å². The summed E-state index contributed by atoms with van der Waals surface area (Å²) < 4.78 is 14.3. The van der Waals surface area contributed by atoms with E-state index in [1.165, 1.54) is 6.07 Å². The van der Waals surface area contributed by atoms with E-state index in [0.717, 1.165) is 10.9 Å². The summed E-state index contributed by atoms with van der Waals surface area (Å²) in [4.78, 5) is 11.8. The highest BCUT2D eigenvalue weighted by atomic mass is 79.9. The molecule has 3 nitrogen and oxygen atoms in total. The van der Waals surface area contributed by atoms with Gasteiger partial charge >= 0.3 is 0 Å². The Labute approximate surface area is 115 Å². The Bertz CT molecular complexity index is 412. The van der Waals surface area contributed by atoms with Crippen molar-refractivity contribution >= 4 is 21.8 Å². The molecule has 1 amide bonds. The molecule has 1 rings (SSSR count). The number of rotatable bonds is 6. The van der Waals surface area contributed by atoms with Crippen LogP contribution in [0.3, 0.4) is 0 Å². The first kappa shape index (κ1) is 15.1. The van der Waals surface area contributed by atoms with Gasteiger partial charge in [0.1, 0.15) is 5.82 Å². The van der Waals surface area contributed by atoms with Crippen LogP contribution in [0.25, 0.3) is 0 Å². The summed E-state index contributed by atoms with van der Waals surface area (Å²) >= 11 is 3.28. The molecule has 0 spiro atoms. The van der Waals surface area contributed by atoms with Gasteiger partial charge in [-0.1, -0.05) is 22.9 Å². The van der Waals surface area contributed by atoms with Crippen LogP contribution in [0.1, 0.15) is 18.9 Å². The van der Waals surface area contributed by atoms with Crippen LogP contribution >= 0.6 is 15.9 Å². The zero-order chi connectivity index (χ0) is 13.5. The zero-order valence-corrected chi connectivity index (χ0v) is 12.2. The third-order valence-electron chi connectivity index (χ3n) is 2.77. The summed E-state index contributed by atoms with van der Waals surface area (Å²) in [5.74, 6) is -0.434. The van der Waals surface area contributed by atoms with Crippen molar-refractivity contribution in [3.8, 4) is 0 Å². The predicted molar refractivity (Wildman–Crippen MR) is 73.7 cm³/mol. The van der Waals surface area contributed by atoms with Crippen molar-refractivity contribution in [3.63, 3.8) is 0 Å². The minimum atomic E-state index is -0.305. The monoisotopic (exact) mass is 316 g/mol. The van der Waals surface area contributed by atoms with E-state index >= 15 is 0 Å². The van der Waals surface area contributed by atoms with Crippen molar-refractivity contribution in [2.24, 2.45) is 5.92 Å². The molecule has 1 aromatic rings. The molecule has 2 N–H and O–H groups in total. The Kier molecular flexibility index (Phi) is 6.29. The molecular formula is C13H18BrFN2O. The molecule has 1 aromatic carbocycles. The van der Waals surface area contributed by atoms with Gasteiger partial charge in [-0.25, -0.2) is 4.39 Å². The number of carbonyl (C=O) groups excluding carboxylic acids is 1. The van der Waals surface area contributed by atoms with E-state index in [-0.39, 0.29) is 24.2 Å². The van der Waals surface area contributed by atoms with Crippen LogP contribution in [-0.4, -0.2) is 19.5 Å². The summed E-state index contributed by atoms with van der Waals surface area (Å²) in [7, 11) is 1.81. The van der Waals surface area contributed by atoms with Gasteiger partial charge in [-0.2, -0.15) is 0 Å². The highest BCUT2D eigenvalue weighted by Crippen LogP contribution is 2.15. The molecular weight excluding hydrogens is 299 g/mol. The van der Waals surface area contributed by atoms with Gasteiger partial charge in [0.25, 0.3) is 0 Å². The summed E-state index contributed by atoms with van der Waals surface area (Å²) in [5, 5.41) is 5.74. The second kappa shape index (κ2) is 7.48.